The van der Waals surface area contributed by atoms with Crippen molar-refractivity contribution in [2.45, 2.75) is 32.0 Å². The number of aryl methyl sites for hydroxylation is 1. The summed E-state index contributed by atoms with van der Waals surface area (Å²) in [5, 5.41) is 7.07. The molecule has 0 saturated carbocycles. The van der Waals surface area contributed by atoms with Gasteiger partial charge in [0.1, 0.15) is 0 Å². The predicted molar refractivity (Wildman–Crippen MR) is 144 cm³/mol. The summed E-state index contributed by atoms with van der Waals surface area (Å²) in [6.07, 6.45) is 5.97. The lowest BCUT2D eigenvalue weighted by Gasteiger charge is -2.28. The van der Waals surface area contributed by atoms with E-state index in [4.69, 9.17) is 12.2 Å². The number of aromatic nitrogens is 3. The van der Waals surface area contributed by atoms with Gasteiger partial charge in [0, 0.05) is 42.9 Å². The third-order valence-corrected chi connectivity index (χ3v) is 6.69. The summed E-state index contributed by atoms with van der Waals surface area (Å²) >= 11 is 5.77. The number of nitrogens with one attached hydrogen (secondary N) is 2. The first-order valence-corrected chi connectivity index (χ1v) is 12.4. The van der Waals surface area contributed by atoms with Crippen LogP contribution in [0.4, 0.5) is 5.69 Å². The molecule has 7 nitrogen and oxygen atoms in total. The van der Waals surface area contributed by atoms with Crippen LogP contribution in [0.3, 0.4) is 0 Å². The van der Waals surface area contributed by atoms with Crippen molar-refractivity contribution in [2.75, 3.05) is 11.9 Å². The van der Waals surface area contributed by atoms with Gasteiger partial charge in [0.15, 0.2) is 5.11 Å². The van der Waals surface area contributed by atoms with Gasteiger partial charge in [0.05, 0.1) is 30.0 Å². The molecule has 8 heteroatoms. The summed E-state index contributed by atoms with van der Waals surface area (Å²) < 4.78 is 2.19. The fraction of sp³-hybridized carbons (Fsp3) is 0.214. The van der Waals surface area contributed by atoms with Crippen molar-refractivity contribution in [3.05, 3.63) is 114 Å². The molecule has 1 aliphatic heterocycles. The van der Waals surface area contributed by atoms with Crippen molar-refractivity contribution in [2.24, 2.45) is 0 Å². The highest BCUT2D eigenvalue weighted by Crippen LogP contribution is 2.39. The summed E-state index contributed by atoms with van der Waals surface area (Å²) in [4.78, 5) is 24.0. The third kappa shape index (κ3) is 5.28. The van der Waals surface area contributed by atoms with E-state index in [1.807, 2.05) is 73.7 Å². The number of carbonyl (C=O) groups excluding carboxylic acids is 1. The molecule has 1 aromatic carbocycles. The second-order valence-corrected chi connectivity index (χ2v) is 9.25. The number of thiocarbonyl (C=S) groups is 1. The second-order valence-electron chi connectivity index (χ2n) is 8.87. The highest BCUT2D eigenvalue weighted by Gasteiger charge is 2.41. The van der Waals surface area contributed by atoms with E-state index >= 15 is 0 Å². The Hall–Kier alpha value is -4.04. The van der Waals surface area contributed by atoms with Crippen molar-refractivity contribution in [1.82, 2.24) is 24.8 Å². The summed E-state index contributed by atoms with van der Waals surface area (Å²) in [6, 6.07) is 23.5. The molecule has 1 fully saturated rings. The lowest BCUT2D eigenvalue weighted by atomic mass is 10.0. The molecule has 0 aliphatic carbocycles. The normalized spacial score (nSPS) is 17.1. The fourth-order valence-corrected chi connectivity index (χ4v) is 4.89. The Morgan fingerprint density at radius 1 is 1.00 bits per heavy atom. The van der Waals surface area contributed by atoms with E-state index in [1.165, 1.54) is 0 Å². The SMILES string of the molecule is Cc1ccc(NC(=O)CCN2C(=S)NC(c3ccccn3)C2c2cccn2Cc2ccccn2)cc1. The molecule has 0 spiro atoms. The maximum absolute atomic E-state index is 12.8. The smallest absolute Gasteiger partial charge is 0.226 e. The monoisotopic (exact) mass is 496 g/mol. The number of hydrogen-bond donors (Lipinski definition) is 2. The Labute approximate surface area is 216 Å². The van der Waals surface area contributed by atoms with Crippen LogP contribution >= 0.6 is 12.2 Å². The number of amides is 1. The Morgan fingerprint density at radius 2 is 1.78 bits per heavy atom. The largest absolute Gasteiger partial charge is 0.352 e. The van der Waals surface area contributed by atoms with E-state index in [2.05, 4.69) is 42.3 Å². The topological polar surface area (TPSA) is 75.1 Å². The molecule has 5 rings (SSSR count). The van der Waals surface area contributed by atoms with Gasteiger partial charge in [0.2, 0.25) is 5.91 Å². The molecule has 3 aromatic heterocycles. The van der Waals surface area contributed by atoms with Gasteiger partial charge in [-0.1, -0.05) is 29.8 Å². The summed E-state index contributed by atoms with van der Waals surface area (Å²) in [5.74, 6) is -0.0504. The Bertz CT molecular complexity index is 1320. The van der Waals surface area contributed by atoms with Crippen LogP contribution in [0.25, 0.3) is 0 Å². The molecule has 1 amide bonds. The Morgan fingerprint density at radius 3 is 2.50 bits per heavy atom. The number of pyridine rings is 2. The summed E-state index contributed by atoms with van der Waals surface area (Å²) in [6.45, 7) is 3.14. The summed E-state index contributed by atoms with van der Waals surface area (Å²) in [5.41, 5.74) is 4.91. The van der Waals surface area contributed by atoms with Gasteiger partial charge in [-0.25, -0.2) is 0 Å². The second kappa shape index (κ2) is 10.7. The van der Waals surface area contributed by atoms with Crippen LogP contribution in [0.2, 0.25) is 0 Å². The van der Waals surface area contributed by atoms with Crippen LogP contribution in [0.15, 0.2) is 91.4 Å². The maximum atomic E-state index is 12.8. The minimum Gasteiger partial charge on any atom is -0.352 e. The van der Waals surface area contributed by atoms with Gasteiger partial charge in [-0.3, -0.25) is 14.8 Å². The Kier molecular flexibility index (Phi) is 7.04. The predicted octanol–water partition coefficient (Wildman–Crippen LogP) is 4.64. The zero-order chi connectivity index (χ0) is 24.9. The average Bonchev–Trinajstić information content (AvgIpc) is 3.48. The van der Waals surface area contributed by atoms with Gasteiger partial charge in [-0.05, 0) is 67.7 Å². The number of hydrogen-bond acceptors (Lipinski definition) is 4. The first-order valence-electron chi connectivity index (χ1n) is 12.0. The molecular formula is C28H28N6OS. The molecule has 182 valence electrons. The minimum atomic E-state index is -0.142. The molecule has 4 aromatic rings. The fourth-order valence-electron chi connectivity index (χ4n) is 4.56. The summed E-state index contributed by atoms with van der Waals surface area (Å²) in [7, 11) is 0. The molecule has 0 bridgehead atoms. The van der Waals surface area contributed by atoms with Crippen LogP contribution in [-0.4, -0.2) is 37.0 Å². The van der Waals surface area contributed by atoms with E-state index in [0.717, 1.165) is 28.3 Å². The van der Waals surface area contributed by atoms with Crippen molar-refractivity contribution >= 4 is 28.9 Å². The van der Waals surface area contributed by atoms with Gasteiger partial charge >= 0.3 is 0 Å². The van der Waals surface area contributed by atoms with Crippen LogP contribution in [0.5, 0.6) is 0 Å². The van der Waals surface area contributed by atoms with Crippen LogP contribution in [0.1, 0.15) is 41.1 Å². The molecule has 2 unspecified atom stereocenters. The van der Waals surface area contributed by atoms with E-state index < -0.39 is 0 Å². The third-order valence-electron chi connectivity index (χ3n) is 6.34. The van der Waals surface area contributed by atoms with Crippen molar-refractivity contribution in [1.29, 1.82) is 0 Å². The molecule has 36 heavy (non-hydrogen) atoms. The average molecular weight is 497 g/mol. The minimum absolute atomic E-state index is 0.0504. The number of anilines is 1. The van der Waals surface area contributed by atoms with Crippen LogP contribution in [-0.2, 0) is 11.3 Å². The molecule has 1 saturated heterocycles. The maximum Gasteiger partial charge on any atom is 0.226 e. The van der Waals surface area contributed by atoms with E-state index in [9.17, 15) is 4.79 Å². The van der Waals surface area contributed by atoms with Crippen molar-refractivity contribution in [3.8, 4) is 0 Å². The highest BCUT2D eigenvalue weighted by atomic mass is 32.1. The lowest BCUT2D eigenvalue weighted by molar-refractivity contribution is -0.116. The molecule has 4 heterocycles. The zero-order valence-corrected chi connectivity index (χ0v) is 20.9. The quantitative estimate of drug-likeness (QED) is 0.346. The molecule has 2 N–H and O–H groups in total. The van der Waals surface area contributed by atoms with E-state index in [-0.39, 0.29) is 18.0 Å². The van der Waals surface area contributed by atoms with Crippen LogP contribution < -0.4 is 10.6 Å². The lowest BCUT2D eigenvalue weighted by Crippen LogP contribution is -2.33. The first kappa shape index (κ1) is 23.7. The number of nitrogens with zero attached hydrogens (tertiary/aromatic N) is 4. The molecule has 1 aliphatic rings. The van der Waals surface area contributed by atoms with Crippen LogP contribution in [0, 0.1) is 6.92 Å². The first-order chi connectivity index (χ1) is 17.6. The molecule has 2 atom stereocenters. The van der Waals surface area contributed by atoms with Gasteiger partial charge in [-0.2, -0.15) is 0 Å². The molecule has 0 radical (unpaired) electrons. The van der Waals surface area contributed by atoms with Crippen molar-refractivity contribution in [3.63, 3.8) is 0 Å². The number of carbonyl (C=O) groups is 1. The van der Waals surface area contributed by atoms with Crippen molar-refractivity contribution < 1.29 is 4.79 Å². The highest BCUT2D eigenvalue weighted by molar-refractivity contribution is 7.80. The Balaban J connectivity index is 1.39. The standard InChI is InChI=1S/C28H28N6OS/c1-20-10-12-21(13-11-20)31-25(35)14-18-34-27(26(32-28(34)36)23-8-3-5-16-30-23)24-9-6-17-33(24)19-22-7-2-4-15-29-22/h2-13,15-17,26-27H,14,18-19H2,1H3,(H,31,35)(H,32,36). The van der Waals surface area contributed by atoms with E-state index in [1.54, 1.807) is 12.4 Å². The van der Waals surface area contributed by atoms with Gasteiger partial charge in [0.25, 0.3) is 0 Å². The van der Waals surface area contributed by atoms with E-state index in [0.29, 0.717) is 24.6 Å². The zero-order valence-electron chi connectivity index (χ0n) is 20.0. The van der Waals surface area contributed by atoms with Gasteiger partial charge < -0.3 is 20.1 Å². The van der Waals surface area contributed by atoms with Gasteiger partial charge in [-0.15, -0.1) is 0 Å². The number of benzene rings is 1. The molecular weight excluding hydrogens is 468 g/mol. The number of rotatable bonds is 8.